The Morgan fingerprint density at radius 3 is 3.08 bits per heavy atom. The number of rotatable bonds is 1. The van der Waals surface area contributed by atoms with Crippen LogP contribution in [-0.2, 0) is 6.42 Å². The molecule has 5 nitrogen and oxygen atoms in total. The number of hydrogen-bond acceptors (Lipinski definition) is 4. The average Bonchev–Trinajstić information content (AvgIpc) is 2.49. The SMILES string of the molecule is CCc1nc2nccc(N)n2n1. The van der Waals surface area contributed by atoms with E-state index in [2.05, 4.69) is 15.1 Å². The Bertz CT molecular complexity index is 405. The second-order valence-electron chi connectivity index (χ2n) is 2.46. The molecule has 2 rings (SSSR count). The molecular formula is C7H9N5. The van der Waals surface area contributed by atoms with E-state index in [4.69, 9.17) is 5.73 Å². The quantitative estimate of drug-likeness (QED) is 0.655. The third-order valence-corrected chi connectivity index (χ3v) is 1.63. The molecule has 2 N–H and O–H groups in total. The molecule has 0 amide bonds. The van der Waals surface area contributed by atoms with Crippen molar-refractivity contribution in [3.8, 4) is 0 Å². The lowest BCUT2D eigenvalue weighted by Crippen LogP contribution is -1.99. The molecule has 2 heterocycles. The Balaban J connectivity index is 2.74. The molecule has 0 aliphatic carbocycles. The minimum absolute atomic E-state index is 0.562. The lowest BCUT2D eigenvalue weighted by Gasteiger charge is -1.92. The Labute approximate surface area is 69.2 Å². The fraction of sp³-hybridized carbons (Fsp3) is 0.286. The first kappa shape index (κ1) is 7.02. The molecule has 0 unspecified atom stereocenters. The molecule has 12 heavy (non-hydrogen) atoms. The van der Waals surface area contributed by atoms with Crippen LogP contribution in [0.4, 0.5) is 5.82 Å². The summed E-state index contributed by atoms with van der Waals surface area (Å²) < 4.78 is 1.54. The molecule has 0 aliphatic rings. The minimum atomic E-state index is 0.562. The van der Waals surface area contributed by atoms with E-state index in [1.807, 2.05) is 6.92 Å². The Morgan fingerprint density at radius 1 is 1.58 bits per heavy atom. The lowest BCUT2D eigenvalue weighted by atomic mass is 10.5. The summed E-state index contributed by atoms with van der Waals surface area (Å²) in [5, 5.41) is 4.15. The minimum Gasteiger partial charge on any atom is -0.383 e. The summed E-state index contributed by atoms with van der Waals surface area (Å²) in [7, 11) is 0. The van der Waals surface area contributed by atoms with Gasteiger partial charge in [0.1, 0.15) is 5.82 Å². The van der Waals surface area contributed by atoms with Crippen LogP contribution < -0.4 is 5.73 Å². The van der Waals surface area contributed by atoms with Crippen LogP contribution in [0.25, 0.3) is 5.78 Å². The van der Waals surface area contributed by atoms with Crippen LogP contribution in [0, 0.1) is 0 Å². The summed E-state index contributed by atoms with van der Waals surface area (Å²) in [6.07, 6.45) is 2.42. The van der Waals surface area contributed by atoms with Crippen molar-refractivity contribution in [3.05, 3.63) is 18.1 Å². The van der Waals surface area contributed by atoms with Crippen molar-refractivity contribution in [1.29, 1.82) is 0 Å². The van der Waals surface area contributed by atoms with Gasteiger partial charge in [-0.05, 0) is 6.07 Å². The molecule has 0 radical (unpaired) electrons. The van der Waals surface area contributed by atoms with Crippen LogP contribution in [0.3, 0.4) is 0 Å². The molecule has 0 aliphatic heterocycles. The molecule has 2 aromatic heterocycles. The highest BCUT2D eigenvalue weighted by Crippen LogP contribution is 2.03. The first-order valence-corrected chi connectivity index (χ1v) is 3.77. The van der Waals surface area contributed by atoms with Crippen molar-refractivity contribution in [2.24, 2.45) is 0 Å². The molecule has 0 atom stereocenters. The van der Waals surface area contributed by atoms with Crippen LogP contribution in [0.15, 0.2) is 12.3 Å². The second kappa shape index (κ2) is 2.44. The summed E-state index contributed by atoms with van der Waals surface area (Å²) in [5.41, 5.74) is 5.64. The maximum atomic E-state index is 5.64. The number of nitrogens with zero attached hydrogens (tertiary/aromatic N) is 4. The maximum Gasteiger partial charge on any atom is 0.254 e. The number of anilines is 1. The summed E-state index contributed by atoms with van der Waals surface area (Å²) in [4.78, 5) is 8.17. The predicted molar refractivity (Wildman–Crippen MR) is 44.6 cm³/mol. The van der Waals surface area contributed by atoms with Gasteiger partial charge in [-0.25, -0.2) is 4.98 Å². The van der Waals surface area contributed by atoms with E-state index in [0.717, 1.165) is 12.2 Å². The molecule has 62 valence electrons. The zero-order valence-corrected chi connectivity index (χ0v) is 6.73. The molecule has 0 bridgehead atoms. The number of fused-ring (bicyclic) bond motifs is 1. The van der Waals surface area contributed by atoms with E-state index in [1.54, 1.807) is 16.8 Å². The Morgan fingerprint density at radius 2 is 2.42 bits per heavy atom. The van der Waals surface area contributed by atoms with Gasteiger partial charge in [0, 0.05) is 12.6 Å². The number of nitrogens with two attached hydrogens (primary N) is 1. The highest BCUT2D eigenvalue weighted by Gasteiger charge is 2.03. The smallest absolute Gasteiger partial charge is 0.254 e. The molecular weight excluding hydrogens is 154 g/mol. The van der Waals surface area contributed by atoms with Crippen LogP contribution in [0.1, 0.15) is 12.7 Å². The normalized spacial score (nSPS) is 10.8. The van der Waals surface area contributed by atoms with Crippen molar-refractivity contribution in [3.63, 3.8) is 0 Å². The van der Waals surface area contributed by atoms with E-state index in [9.17, 15) is 0 Å². The number of aryl methyl sites for hydroxylation is 1. The van der Waals surface area contributed by atoms with Gasteiger partial charge in [0.15, 0.2) is 5.82 Å². The van der Waals surface area contributed by atoms with E-state index in [1.165, 1.54) is 0 Å². The van der Waals surface area contributed by atoms with Gasteiger partial charge in [0.05, 0.1) is 0 Å². The first-order chi connectivity index (χ1) is 5.81. The van der Waals surface area contributed by atoms with Crippen molar-refractivity contribution < 1.29 is 0 Å². The summed E-state index contributed by atoms with van der Waals surface area (Å²) >= 11 is 0. The molecule has 0 saturated carbocycles. The largest absolute Gasteiger partial charge is 0.383 e. The second-order valence-corrected chi connectivity index (χ2v) is 2.46. The topological polar surface area (TPSA) is 69.1 Å². The standard InChI is InChI=1S/C7H9N5/c1-2-6-10-7-9-4-3-5(8)12(7)11-6/h3-4H,2,8H2,1H3. The fourth-order valence-corrected chi connectivity index (χ4v) is 1.00. The first-order valence-electron chi connectivity index (χ1n) is 3.77. The van der Waals surface area contributed by atoms with E-state index >= 15 is 0 Å². The van der Waals surface area contributed by atoms with Gasteiger partial charge < -0.3 is 5.73 Å². The number of hydrogen-bond donors (Lipinski definition) is 1. The Kier molecular flexibility index (Phi) is 1.43. The van der Waals surface area contributed by atoms with Gasteiger partial charge in [0.2, 0.25) is 0 Å². The summed E-state index contributed by atoms with van der Waals surface area (Å²) in [5.74, 6) is 1.89. The van der Waals surface area contributed by atoms with Gasteiger partial charge in [0.25, 0.3) is 5.78 Å². The summed E-state index contributed by atoms with van der Waals surface area (Å²) in [6, 6.07) is 1.70. The van der Waals surface area contributed by atoms with Gasteiger partial charge in [-0.1, -0.05) is 6.92 Å². The van der Waals surface area contributed by atoms with Crippen molar-refractivity contribution in [2.75, 3.05) is 5.73 Å². The highest BCUT2D eigenvalue weighted by molar-refractivity contribution is 5.38. The Hall–Kier alpha value is -1.65. The lowest BCUT2D eigenvalue weighted by molar-refractivity contribution is 0.887. The van der Waals surface area contributed by atoms with Crippen LogP contribution in [0.2, 0.25) is 0 Å². The third kappa shape index (κ3) is 0.903. The van der Waals surface area contributed by atoms with Crippen molar-refractivity contribution in [2.45, 2.75) is 13.3 Å². The predicted octanol–water partition coefficient (Wildman–Crippen LogP) is 0.269. The molecule has 0 aromatic carbocycles. The third-order valence-electron chi connectivity index (χ3n) is 1.63. The maximum absolute atomic E-state index is 5.64. The number of aromatic nitrogens is 4. The van der Waals surface area contributed by atoms with Crippen molar-refractivity contribution >= 4 is 11.6 Å². The molecule has 0 fully saturated rings. The molecule has 2 aromatic rings. The van der Waals surface area contributed by atoms with Gasteiger partial charge in [-0.3, -0.25) is 0 Å². The monoisotopic (exact) mass is 163 g/mol. The van der Waals surface area contributed by atoms with Crippen molar-refractivity contribution in [1.82, 2.24) is 19.6 Å². The highest BCUT2D eigenvalue weighted by atomic mass is 15.3. The molecule has 0 spiro atoms. The van der Waals surface area contributed by atoms with Crippen LogP contribution in [0.5, 0.6) is 0 Å². The zero-order valence-electron chi connectivity index (χ0n) is 6.73. The van der Waals surface area contributed by atoms with E-state index in [0.29, 0.717) is 11.6 Å². The number of nitrogen functional groups attached to an aromatic ring is 1. The van der Waals surface area contributed by atoms with E-state index in [-0.39, 0.29) is 0 Å². The average molecular weight is 163 g/mol. The molecule has 0 saturated heterocycles. The van der Waals surface area contributed by atoms with Gasteiger partial charge >= 0.3 is 0 Å². The van der Waals surface area contributed by atoms with E-state index < -0.39 is 0 Å². The van der Waals surface area contributed by atoms with Gasteiger partial charge in [-0.2, -0.15) is 9.50 Å². The summed E-state index contributed by atoms with van der Waals surface area (Å²) in [6.45, 7) is 1.99. The zero-order chi connectivity index (χ0) is 8.55. The van der Waals surface area contributed by atoms with Crippen LogP contribution >= 0.6 is 0 Å². The van der Waals surface area contributed by atoms with Crippen LogP contribution in [-0.4, -0.2) is 19.6 Å². The molecule has 5 heteroatoms. The fourth-order valence-electron chi connectivity index (χ4n) is 1.00. The van der Waals surface area contributed by atoms with Gasteiger partial charge in [-0.15, -0.1) is 5.10 Å².